The first-order valence-electron chi connectivity index (χ1n) is 10.5. The summed E-state index contributed by atoms with van der Waals surface area (Å²) in [4.78, 5) is 41.4. The molecule has 3 heterocycles. The SMILES string of the molecule is O=C(CN1CCC(N(CC(=O)OC(=O)C(F)(F)F)S(=O)(=O)C=Cc2ccc(Cl)s2)C1)Nc1ccncc1. The number of likely N-dealkylation sites (tertiary alicyclic amines) is 1. The Morgan fingerprint density at radius 3 is 2.57 bits per heavy atom. The fourth-order valence-electron chi connectivity index (χ4n) is 3.43. The van der Waals surface area contributed by atoms with Gasteiger partial charge in [0.05, 0.1) is 10.9 Å². The van der Waals surface area contributed by atoms with Gasteiger partial charge in [-0.25, -0.2) is 13.2 Å². The average molecular weight is 581 g/mol. The first-order chi connectivity index (χ1) is 17.3. The smallest absolute Gasteiger partial charge is 0.385 e. The van der Waals surface area contributed by atoms with Crippen LogP contribution in [-0.2, 0) is 29.1 Å². The third-order valence-corrected chi connectivity index (χ3v) is 7.79. The van der Waals surface area contributed by atoms with Crippen LogP contribution >= 0.6 is 22.9 Å². The Bertz CT molecular complexity index is 1270. The molecule has 1 amide bonds. The van der Waals surface area contributed by atoms with Crippen molar-refractivity contribution >= 4 is 62.6 Å². The Kier molecular flexibility index (Phi) is 9.41. The molecule has 1 aliphatic rings. The van der Waals surface area contributed by atoms with E-state index in [-0.39, 0.29) is 32.0 Å². The quantitative estimate of drug-likeness (QED) is 0.354. The first-order valence-corrected chi connectivity index (χ1v) is 13.2. The van der Waals surface area contributed by atoms with E-state index in [1.807, 2.05) is 0 Å². The van der Waals surface area contributed by atoms with Gasteiger partial charge in [0.25, 0.3) is 0 Å². The molecule has 3 rings (SSSR count). The summed E-state index contributed by atoms with van der Waals surface area (Å²) >= 11 is 6.92. The maximum Gasteiger partial charge on any atom is 0.491 e. The van der Waals surface area contributed by atoms with Crippen molar-refractivity contribution in [3.8, 4) is 0 Å². The number of hydrogen-bond donors (Lipinski definition) is 1. The number of thiophene rings is 1. The zero-order valence-corrected chi connectivity index (χ0v) is 21.2. The van der Waals surface area contributed by atoms with E-state index in [1.165, 1.54) is 18.5 Å². The topological polar surface area (TPSA) is 126 Å². The third kappa shape index (κ3) is 8.60. The van der Waals surface area contributed by atoms with Crippen LogP contribution in [0.15, 0.2) is 42.1 Å². The number of rotatable bonds is 9. The maximum absolute atomic E-state index is 13.1. The summed E-state index contributed by atoms with van der Waals surface area (Å²) in [6, 6.07) is 5.38. The van der Waals surface area contributed by atoms with E-state index in [0.29, 0.717) is 19.2 Å². The van der Waals surface area contributed by atoms with Crippen molar-refractivity contribution in [2.24, 2.45) is 0 Å². The number of carbonyl (C=O) groups is 3. The lowest BCUT2D eigenvalue weighted by Crippen LogP contribution is -2.45. The van der Waals surface area contributed by atoms with Crippen molar-refractivity contribution in [1.82, 2.24) is 14.2 Å². The van der Waals surface area contributed by atoms with Crippen molar-refractivity contribution in [3.63, 3.8) is 0 Å². The summed E-state index contributed by atoms with van der Waals surface area (Å²) in [5.74, 6) is -4.82. The van der Waals surface area contributed by atoms with Crippen LogP contribution in [0, 0.1) is 0 Å². The highest BCUT2D eigenvalue weighted by Gasteiger charge is 2.43. The fraction of sp³-hybridized carbons (Fsp3) is 0.333. The summed E-state index contributed by atoms with van der Waals surface area (Å²) in [5, 5.41) is 3.44. The Labute approximate surface area is 218 Å². The summed E-state index contributed by atoms with van der Waals surface area (Å²) in [6.45, 7) is -0.974. The van der Waals surface area contributed by atoms with Crippen LogP contribution in [0.25, 0.3) is 6.08 Å². The Hall–Kier alpha value is -2.85. The number of alkyl halides is 3. The number of nitrogens with one attached hydrogen (secondary N) is 1. The number of halogens is 4. The number of ether oxygens (including phenoxy) is 1. The molecule has 1 aliphatic heterocycles. The van der Waals surface area contributed by atoms with Crippen LogP contribution in [0.1, 0.15) is 11.3 Å². The Morgan fingerprint density at radius 2 is 1.95 bits per heavy atom. The van der Waals surface area contributed by atoms with Crippen LogP contribution in [0.2, 0.25) is 4.34 Å². The maximum atomic E-state index is 13.1. The van der Waals surface area contributed by atoms with E-state index in [9.17, 15) is 36.0 Å². The normalized spacial score (nSPS) is 16.8. The standard InChI is InChI=1S/C21H20ClF3N4O6S2/c22-17-2-1-16(36-17)6-10-37(33,34)29(13-19(31)35-20(32)21(23,24)25)15-5-9-28(11-15)12-18(30)27-14-3-7-26-8-4-14/h1-4,6-8,10,15H,5,9,11-13H2,(H,26,27,30). The van der Waals surface area contributed by atoms with Crippen LogP contribution < -0.4 is 5.32 Å². The lowest BCUT2D eigenvalue weighted by Gasteiger charge is -2.26. The lowest BCUT2D eigenvalue weighted by atomic mass is 10.2. The van der Waals surface area contributed by atoms with Gasteiger partial charge in [0.15, 0.2) is 0 Å². The summed E-state index contributed by atoms with van der Waals surface area (Å²) in [7, 11) is -4.37. The van der Waals surface area contributed by atoms with Gasteiger partial charge in [-0.3, -0.25) is 19.5 Å². The predicted octanol–water partition coefficient (Wildman–Crippen LogP) is 2.74. The monoisotopic (exact) mass is 580 g/mol. The molecular weight excluding hydrogens is 561 g/mol. The lowest BCUT2D eigenvalue weighted by molar-refractivity contribution is -0.201. The first kappa shape index (κ1) is 28.7. The minimum absolute atomic E-state index is 0.00215. The number of sulfonamides is 1. The van der Waals surface area contributed by atoms with E-state index in [4.69, 9.17) is 11.6 Å². The highest BCUT2D eigenvalue weighted by atomic mass is 35.5. The molecule has 1 N–H and O–H groups in total. The molecule has 1 saturated heterocycles. The Morgan fingerprint density at radius 1 is 1.24 bits per heavy atom. The van der Waals surface area contributed by atoms with Crippen molar-refractivity contribution in [1.29, 1.82) is 0 Å². The van der Waals surface area contributed by atoms with E-state index >= 15 is 0 Å². The van der Waals surface area contributed by atoms with Crippen LogP contribution in [0.4, 0.5) is 18.9 Å². The zero-order chi connectivity index (χ0) is 27.2. The van der Waals surface area contributed by atoms with Gasteiger partial charge in [-0.15, -0.1) is 11.3 Å². The number of aromatic nitrogens is 1. The molecule has 0 aromatic carbocycles. The van der Waals surface area contributed by atoms with Gasteiger partial charge in [0.2, 0.25) is 15.9 Å². The van der Waals surface area contributed by atoms with Gasteiger partial charge in [-0.05, 0) is 36.8 Å². The highest BCUT2D eigenvalue weighted by Crippen LogP contribution is 2.25. The molecule has 0 aliphatic carbocycles. The molecule has 1 fully saturated rings. The van der Waals surface area contributed by atoms with Gasteiger partial charge < -0.3 is 10.1 Å². The molecule has 2 aromatic rings. The molecule has 37 heavy (non-hydrogen) atoms. The van der Waals surface area contributed by atoms with Crippen LogP contribution in [0.3, 0.4) is 0 Å². The molecule has 0 saturated carbocycles. The van der Waals surface area contributed by atoms with Crippen molar-refractivity contribution in [2.45, 2.75) is 18.6 Å². The van der Waals surface area contributed by atoms with Gasteiger partial charge >= 0.3 is 18.1 Å². The van der Waals surface area contributed by atoms with Gasteiger partial charge in [0.1, 0.15) is 6.54 Å². The van der Waals surface area contributed by atoms with Crippen molar-refractivity contribution in [3.05, 3.63) is 51.3 Å². The third-order valence-electron chi connectivity index (χ3n) is 5.03. The minimum atomic E-state index is -5.43. The molecule has 0 radical (unpaired) electrons. The number of hydrogen-bond acceptors (Lipinski definition) is 9. The average Bonchev–Trinajstić information content (AvgIpc) is 3.44. The number of carbonyl (C=O) groups excluding carboxylic acids is 3. The van der Waals surface area contributed by atoms with E-state index in [2.05, 4.69) is 15.0 Å². The molecule has 2 aromatic heterocycles. The summed E-state index contributed by atoms with van der Waals surface area (Å²) in [6.07, 6.45) is -1.06. The second-order valence-electron chi connectivity index (χ2n) is 7.76. The van der Waals surface area contributed by atoms with Gasteiger partial charge in [-0.2, -0.15) is 17.5 Å². The predicted molar refractivity (Wildman–Crippen MR) is 129 cm³/mol. The molecule has 10 nitrogen and oxygen atoms in total. The molecule has 1 unspecified atom stereocenters. The van der Waals surface area contributed by atoms with Crippen molar-refractivity contribution in [2.75, 3.05) is 31.5 Å². The van der Waals surface area contributed by atoms with E-state index in [0.717, 1.165) is 16.7 Å². The number of anilines is 1. The summed E-state index contributed by atoms with van der Waals surface area (Å²) < 4.78 is 68.5. The largest absolute Gasteiger partial charge is 0.491 e. The number of nitrogens with zero attached hydrogens (tertiary/aromatic N) is 3. The molecule has 16 heteroatoms. The van der Waals surface area contributed by atoms with Gasteiger partial charge in [-0.1, -0.05) is 11.6 Å². The summed E-state index contributed by atoms with van der Waals surface area (Å²) in [5.41, 5.74) is 0.510. The zero-order valence-electron chi connectivity index (χ0n) is 18.9. The van der Waals surface area contributed by atoms with Crippen LogP contribution in [0.5, 0.6) is 0 Å². The molecule has 0 spiro atoms. The number of amides is 1. The second-order valence-corrected chi connectivity index (χ2v) is 11.3. The van der Waals surface area contributed by atoms with E-state index < -0.39 is 40.7 Å². The Balaban J connectivity index is 1.72. The molecule has 200 valence electrons. The van der Waals surface area contributed by atoms with E-state index in [1.54, 1.807) is 29.2 Å². The van der Waals surface area contributed by atoms with Crippen molar-refractivity contribution < 1.29 is 40.7 Å². The molecule has 0 bridgehead atoms. The van der Waals surface area contributed by atoms with Crippen LogP contribution in [-0.4, -0.2) is 78.8 Å². The highest BCUT2D eigenvalue weighted by molar-refractivity contribution is 7.92. The molecular formula is C21H20ClF3N4O6S2. The number of esters is 2. The second kappa shape index (κ2) is 12.1. The molecule has 1 atom stereocenters. The number of pyridine rings is 1. The minimum Gasteiger partial charge on any atom is -0.385 e. The fourth-order valence-corrected chi connectivity index (χ4v) is 5.82. The van der Waals surface area contributed by atoms with Gasteiger partial charge in [0, 0.05) is 47.5 Å².